The summed E-state index contributed by atoms with van der Waals surface area (Å²) in [5, 5.41) is 5.95. The van der Waals surface area contributed by atoms with Crippen molar-refractivity contribution in [3.8, 4) is 0 Å². The summed E-state index contributed by atoms with van der Waals surface area (Å²) >= 11 is 0. The Hall–Kier alpha value is -2.04. The molecule has 4 N–H and O–H groups in total. The SMILES string of the molecule is CCC(C)NC(=O)CCN=C(N)Nc1ccc(C(C)CC)cc1. The molecule has 0 aliphatic heterocycles. The fourth-order valence-corrected chi connectivity index (χ4v) is 2.05. The molecule has 23 heavy (non-hydrogen) atoms. The van der Waals surface area contributed by atoms with E-state index in [0.29, 0.717) is 24.8 Å². The summed E-state index contributed by atoms with van der Waals surface area (Å²) in [6.45, 7) is 8.80. The maximum atomic E-state index is 11.6. The molecular weight excluding hydrogens is 288 g/mol. The molecule has 5 heteroatoms. The first-order valence-electron chi connectivity index (χ1n) is 8.42. The van der Waals surface area contributed by atoms with Gasteiger partial charge in [-0.25, -0.2) is 0 Å². The number of nitrogens with zero attached hydrogens (tertiary/aromatic N) is 1. The smallest absolute Gasteiger partial charge is 0.222 e. The van der Waals surface area contributed by atoms with Crippen molar-refractivity contribution in [1.29, 1.82) is 0 Å². The van der Waals surface area contributed by atoms with Crippen LogP contribution in [0, 0.1) is 0 Å². The third kappa shape index (κ3) is 7.17. The summed E-state index contributed by atoms with van der Waals surface area (Å²) in [6, 6.07) is 8.40. The number of carbonyl (C=O) groups excluding carboxylic acids is 1. The Morgan fingerprint density at radius 3 is 2.39 bits per heavy atom. The first-order chi connectivity index (χ1) is 11.0. The summed E-state index contributed by atoms with van der Waals surface area (Å²) in [4.78, 5) is 15.8. The second kappa shape index (κ2) is 9.87. The number of guanidine groups is 1. The van der Waals surface area contributed by atoms with Crippen molar-refractivity contribution >= 4 is 17.6 Å². The molecular formula is C18H30N4O. The van der Waals surface area contributed by atoms with Crippen LogP contribution in [-0.4, -0.2) is 24.5 Å². The topological polar surface area (TPSA) is 79.5 Å². The molecule has 1 aromatic carbocycles. The van der Waals surface area contributed by atoms with E-state index in [0.717, 1.165) is 18.5 Å². The van der Waals surface area contributed by atoms with Gasteiger partial charge in [-0.1, -0.05) is 32.9 Å². The Balaban J connectivity index is 2.43. The molecule has 1 aromatic rings. The minimum atomic E-state index is 0.00815. The Morgan fingerprint density at radius 1 is 1.17 bits per heavy atom. The van der Waals surface area contributed by atoms with Crippen LogP contribution in [-0.2, 0) is 4.79 Å². The molecule has 0 radical (unpaired) electrons. The van der Waals surface area contributed by atoms with E-state index in [4.69, 9.17) is 5.73 Å². The maximum Gasteiger partial charge on any atom is 0.222 e. The van der Waals surface area contributed by atoms with Gasteiger partial charge in [-0.05, 0) is 43.4 Å². The van der Waals surface area contributed by atoms with E-state index in [1.165, 1.54) is 5.56 Å². The third-order valence-corrected chi connectivity index (χ3v) is 4.01. The van der Waals surface area contributed by atoms with E-state index < -0.39 is 0 Å². The lowest BCUT2D eigenvalue weighted by Crippen LogP contribution is -2.32. The number of nitrogens with two attached hydrogens (primary N) is 1. The summed E-state index contributed by atoms with van der Waals surface area (Å²) in [7, 11) is 0. The van der Waals surface area contributed by atoms with Gasteiger partial charge in [0, 0.05) is 18.2 Å². The molecule has 1 amide bonds. The fraction of sp³-hybridized carbons (Fsp3) is 0.556. The minimum Gasteiger partial charge on any atom is -0.370 e. The standard InChI is InChI=1S/C18H30N4O/c1-5-13(3)15-7-9-16(10-8-15)22-18(19)20-12-11-17(23)21-14(4)6-2/h7-10,13-14H,5-6,11-12H2,1-4H3,(H,21,23)(H3,19,20,22). The van der Waals surface area contributed by atoms with Crippen LogP contribution >= 0.6 is 0 Å². The van der Waals surface area contributed by atoms with Crippen molar-refractivity contribution in [1.82, 2.24) is 5.32 Å². The largest absolute Gasteiger partial charge is 0.370 e. The Morgan fingerprint density at radius 2 is 1.83 bits per heavy atom. The highest BCUT2D eigenvalue weighted by Crippen LogP contribution is 2.20. The van der Waals surface area contributed by atoms with Crippen LogP contribution in [0.1, 0.15) is 58.4 Å². The third-order valence-electron chi connectivity index (χ3n) is 4.01. The van der Waals surface area contributed by atoms with Crippen LogP contribution in [0.5, 0.6) is 0 Å². The van der Waals surface area contributed by atoms with Gasteiger partial charge in [-0.15, -0.1) is 0 Å². The number of rotatable bonds is 8. The normalized spacial score (nSPS) is 14.2. The van der Waals surface area contributed by atoms with Gasteiger partial charge in [0.1, 0.15) is 0 Å². The van der Waals surface area contributed by atoms with Gasteiger partial charge in [-0.3, -0.25) is 9.79 Å². The van der Waals surface area contributed by atoms with Crippen molar-refractivity contribution in [3.63, 3.8) is 0 Å². The van der Waals surface area contributed by atoms with Crippen molar-refractivity contribution in [2.75, 3.05) is 11.9 Å². The monoisotopic (exact) mass is 318 g/mol. The second-order valence-corrected chi connectivity index (χ2v) is 5.95. The van der Waals surface area contributed by atoms with Gasteiger partial charge in [0.05, 0.1) is 6.54 Å². The number of aliphatic imine (C=N–C) groups is 1. The molecule has 5 nitrogen and oxygen atoms in total. The lowest BCUT2D eigenvalue weighted by atomic mass is 9.99. The Labute approximate surface area is 139 Å². The van der Waals surface area contributed by atoms with Gasteiger partial charge >= 0.3 is 0 Å². The van der Waals surface area contributed by atoms with Crippen LogP contribution in [0.3, 0.4) is 0 Å². The zero-order valence-electron chi connectivity index (χ0n) is 14.7. The summed E-state index contributed by atoms with van der Waals surface area (Å²) < 4.78 is 0. The molecule has 2 atom stereocenters. The first-order valence-corrected chi connectivity index (χ1v) is 8.42. The van der Waals surface area contributed by atoms with Gasteiger partial charge in [0.25, 0.3) is 0 Å². The molecule has 1 rings (SSSR count). The number of nitrogens with one attached hydrogen (secondary N) is 2. The van der Waals surface area contributed by atoms with Gasteiger partial charge in [-0.2, -0.15) is 0 Å². The number of hydrogen-bond acceptors (Lipinski definition) is 2. The number of benzene rings is 1. The highest BCUT2D eigenvalue weighted by atomic mass is 16.1. The van der Waals surface area contributed by atoms with Crippen molar-refractivity contribution in [2.45, 2.75) is 58.9 Å². The average molecular weight is 318 g/mol. The average Bonchev–Trinajstić information content (AvgIpc) is 2.54. The van der Waals surface area contributed by atoms with E-state index >= 15 is 0 Å². The van der Waals surface area contributed by atoms with Crippen LogP contribution in [0.15, 0.2) is 29.3 Å². The molecule has 0 saturated heterocycles. The first kappa shape index (κ1) is 19.0. The maximum absolute atomic E-state index is 11.6. The molecule has 0 aromatic heterocycles. The quantitative estimate of drug-likeness (QED) is 0.508. The predicted molar refractivity (Wildman–Crippen MR) is 97.8 cm³/mol. The van der Waals surface area contributed by atoms with Gasteiger partial charge < -0.3 is 16.4 Å². The summed E-state index contributed by atoms with van der Waals surface area (Å²) in [5.74, 6) is 0.894. The highest BCUT2D eigenvalue weighted by molar-refractivity contribution is 5.92. The van der Waals surface area contributed by atoms with Crippen LogP contribution in [0.4, 0.5) is 5.69 Å². The molecule has 0 bridgehead atoms. The highest BCUT2D eigenvalue weighted by Gasteiger charge is 2.05. The number of anilines is 1. The van der Waals surface area contributed by atoms with E-state index in [1.54, 1.807) is 0 Å². The van der Waals surface area contributed by atoms with Crippen molar-refractivity contribution in [2.24, 2.45) is 10.7 Å². The van der Waals surface area contributed by atoms with Crippen LogP contribution in [0.25, 0.3) is 0 Å². The second-order valence-electron chi connectivity index (χ2n) is 5.95. The van der Waals surface area contributed by atoms with Crippen molar-refractivity contribution < 1.29 is 4.79 Å². The minimum absolute atomic E-state index is 0.00815. The summed E-state index contributed by atoms with van der Waals surface area (Å²) in [6.07, 6.45) is 2.39. The van der Waals surface area contributed by atoms with E-state index in [9.17, 15) is 4.79 Å². The van der Waals surface area contributed by atoms with Crippen LogP contribution < -0.4 is 16.4 Å². The van der Waals surface area contributed by atoms with Gasteiger partial charge in [0.15, 0.2) is 5.96 Å². The fourth-order valence-electron chi connectivity index (χ4n) is 2.05. The lowest BCUT2D eigenvalue weighted by Gasteiger charge is -2.11. The van der Waals surface area contributed by atoms with E-state index in [1.807, 2.05) is 26.0 Å². The van der Waals surface area contributed by atoms with Crippen LogP contribution in [0.2, 0.25) is 0 Å². The van der Waals surface area contributed by atoms with E-state index in [-0.39, 0.29) is 11.9 Å². The Kier molecular flexibility index (Phi) is 8.16. The number of amides is 1. The molecule has 0 aliphatic rings. The van der Waals surface area contributed by atoms with Gasteiger partial charge in [0.2, 0.25) is 5.91 Å². The molecule has 128 valence electrons. The zero-order chi connectivity index (χ0) is 17.2. The van der Waals surface area contributed by atoms with Crippen molar-refractivity contribution in [3.05, 3.63) is 29.8 Å². The Bertz CT molecular complexity index is 510. The molecule has 0 aliphatic carbocycles. The molecule has 2 unspecified atom stereocenters. The lowest BCUT2D eigenvalue weighted by molar-refractivity contribution is -0.121. The van der Waals surface area contributed by atoms with E-state index in [2.05, 4.69) is 41.6 Å². The molecule has 0 fully saturated rings. The molecule has 0 heterocycles. The summed E-state index contributed by atoms with van der Waals surface area (Å²) in [5.41, 5.74) is 8.07. The molecule has 0 saturated carbocycles. The molecule has 0 spiro atoms. The number of hydrogen-bond donors (Lipinski definition) is 3. The zero-order valence-corrected chi connectivity index (χ0v) is 14.7. The number of carbonyl (C=O) groups is 1. The predicted octanol–water partition coefficient (Wildman–Crippen LogP) is 3.23.